The number of hydrogen-bond acceptors (Lipinski definition) is 0. The van der Waals surface area contributed by atoms with E-state index in [0.717, 1.165) is 5.56 Å². The topological polar surface area (TPSA) is 0 Å². The molecule has 0 aliphatic rings. The second-order valence-electron chi connectivity index (χ2n) is 3.85. The molecule has 0 saturated carbocycles. The molecule has 0 spiro atoms. The Hall–Kier alpha value is -0.690. The van der Waals surface area contributed by atoms with Gasteiger partial charge < -0.3 is 0 Å². The molecule has 0 nitrogen and oxygen atoms in total. The first-order chi connectivity index (χ1) is 8.04. The summed E-state index contributed by atoms with van der Waals surface area (Å²) in [5.41, 5.74) is 3.37. The third-order valence-electron chi connectivity index (χ3n) is 2.47. The Kier molecular flexibility index (Phi) is 3.98. The maximum Gasteiger partial charge on any atom is 0.194 e. The molecule has 88 valence electrons. The number of benzene rings is 2. The van der Waals surface area contributed by atoms with Crippen molar-refractivity contribution in [3.63, 3.8) is 0 Å². The minimum absolute atomic E-state index is 0.423. The predicted octanol–water partition coefficient (Wildman–Crippen LogP) is 5.27. The standard InChI is InChI=1S/C14H11Cl3/c15-14(16,17)10-11-6-8-13(9-7-11)12-4-2-1-3-5-12/h1-9H,10H2. The van der Waals surface area contributed by atoms with Crippen molar-refractivity contribution in [2.45, 2.75) is 10.2 Å². The average molecular weight is 286 g/mol. The van der Waals surface area contributed by atoms with Gasteiger partial charge in [-0.2, -0.15) is 0 Å². The van der Waals surface area contributed by atoms with Gasteiger partial charge in [-0.15, -0.1) is 0 Å². The van der Waals surface area contributed by atoms with Gasteiger partial charge in [0.25, 0.3) is 0 Å². The lowest BCUT2D eigenvalue weighted by Gasteiger charge is -2.11. The van der Waals surface area contributed by atoms with Crippen LogP contribution in [0.3, 0.4) is 0 Å². The first-order valence-corrected chi connectivity index (χ1v) is 6.39. The molecule has 2 rings (SSSR count). The zero-order chi connectivity index (χ0) is 12.3. The fraction of sp³-hybridized carbons (Fsp3) is 0.143. The summed E-state index contributed by atoms with van der Waals surface area (Å²) in [6.07, 6.45) is 0.423. The second-order valence-corrected chi connectivity index (χ2v) is 6.37. The molecule has 0 saturated heterocycles. The normalized spacial score (nSPS) is 11.5. The summed E-state index contributed by atoms with van der Waals surface area (Å²) in [6.45, 7) is 0. The Balaban J connectivity index is 2.19. The maximum absolute atomic E-state index is 5.76. The highest BCUT2D eigenvalue weighted by Gasteiger charge is 2.19. The third kappa shape index (κ3) is 3.92. The lowest BCUT2D eigenvalue weighted by molar-refractivity contribution is 1.02. The van der Waals surface area contributed by atoms with Crippen LogP contribution in [0.4, 0.5) is 0 Å². The molecule has 0 heterocycles. The van der Waals surface area contributed by atoms with Crippen LogP contribution in [0.15, 0.2) is 54.6 Å². The second kappa shape index (κ2) is 5.30. The Morgan fingerprint density at radius 3 is 1.76 bits per heavy atom. The van der Waals surface area contributed by atoms with Crippen molar-refractivity contribution in [2.75, 3.05) is 0 Å². The molecule has 0 bridgehead atoms. The Morgan fingerprint density at radius 2 is 1.24 bits per heavy atom. The molecule has 0 aliphatic heterocycles. The predicted molar refractivity (Wildman–Crippen MR) is 75.9 cm³/mol. The van der Waals surface area contributed by atoms with Gasteiger partial charge in [-0.05, 0) is 16.7 Å². The van der Waals surface area contributed by atoms with Crippen molar-refractivity contribution in [3.05, 3.63) is 60.2 Å². The van der Waals surface area contributed by atoms with Gasteiger partial charge in [0, 0.05) is 6.42 Å². The van der Waals surface area contributed by atoms with Gasteiger partial charge in [-0.25, -0.2) is 0 Å². The number of hydrogen-bond donors (Lipinski definition) is 0. The molecule has 0 N–H and O–H groups in total. The van der Waals surface area contributed by atoms with Gasteiger partial charge in [0.05, 0.1) is 0 Å². The van der Waals surface area contributed by atoms with Crippen molar-refractivity contribution < 1.29 is 0 Å². The van der Waals surface area contributed by atoms with Gasteiger partial charge in [-0.3, -0.25) is 0 Å². The molecule has 3 heteroatoms. The first kappa shape index (κ1) is 12.8. The van der Waals surface area contributed by atoms with Crippen molar-refractivity contribution in [2.24, 2.45) is 0 Å². The van der Waals surface area contributed by atoms with E-state index in [1.54, 1.807) is 0 Å². The van der Waals surface area contributed by atoms with Crippen molar-refractivity contribution >= 4 is 34.8 Å². The van der Waals surface area contributed by atoms with Crippen LogP contribution >= 0.6 is 34.8 Å². The molecule has 0 atom stereocenters. The van der Waals surface area contributed by atoms with Crippen LogP contribution in [-0.2, 0) is 6.42 Å². The molecule has 0 unspecified atom stereocenters. The summed E-state index contributed by atoms with van der Waals surface area (Å²) < 4.78 is -1.23. The molecule has 0 aromatic heterocycles. The Labute approximate surface area is 116 Å². The summed E-state index contributed by atoms with van der Waals surface area (Å²) >= 11 is 17.3. The van der Waals surface area contributed by atoms with Gasteiger partial charge in [0.1, 0.15) is 0 Å². The lowest BCUT2D eigenvalue weighted by Crippen LogP contribution is -2.06. The van der Waals surface area contributed by atoms with Crippen LogP contribution in [0.25, 0.3) is 11.1 Å². The highest BCUT2D eigenvalue weighted by atomic mass is 35.6. The minimum atomic E-state index is -1.23. The lowest BCUT2D eigenvalue weighted by atomic mass is 10.0. The summed E-state index contributed by atoms with van der Waals surface area (Å²) in [5, 5.41) is 0. The first-order valence-electron chi connectivity index (χ1n) is 5.26. The zero-order valence-electron chi connectivity index (χ0n) is 9.04. The SMILES string of the molecule is ClC(Cl)(Cl)Cc1ccc(-c2ccccc2)cc1. The monoisotopic (exact) mass is 284 g/mol. The van der Waals surface area contributed by atoms with Crippen LogP contribution in [0.2, 0.25) is 0 Å². The molecule has 2 aromatic carbocycles. The quantitative estimate of drug-likeness (QED) is 0.660. The summed E-state index contributed by atoms with van der Waals surface area (Å²) in [7, 11) is 0. The maximum atomic E-state index is 5.76. The molecule has 17 heavy (non-hydrogen) atoms. The average Bonchev–Trinajstić information content (AvgIpc) is 2.29. The summed E-state index contributed by atoms with van der Waals surface area (Å²) in [5.74, 6) is 0. The largest absolute Gasteiger partial charge is 0.194 e. The molecular formula is C14H11Cl3. The fourth-order valence-electron chi connectivity index (χ4n) is 1.68. The zero-order valence-corrected chi connectivity index (χ0v) is 11.3. The van der Waals surface area contributed by atoms with E-state index in [9.17, 15) is 0 Å². The van der Waals surface area contributed by atoms with Gasteiger partial charge in [0.2, 0.25) is 0 Å². The molecule has 0 radical (unpaired) electrons. The van der Waals surface area contributed by atoms with Crippen LogP contribution in [0.5, 0.6) is 0 Å². The van der Waals surface area contributed by atoms with E-state index in [0.29, 0.717) is 6.42 Å². The van der Waals surface area contributed by atoms with E-state index in [1.807, 2.05) is 42.5 Å². The highest BCUT2D eigenvalue weighted by Crippen LogP contribution is 2.31. The number of alkyl halides is 3. The van der Waals surface area contributed by atoms with E-state index >= 15 is 0 Å². The van der Waals surface area contributed by atoms with Crippen LogP contribution in [0.1, 0.15) is 5.56 Å². The van der Waals surface area contributed by atoms with E-state index in [2.05, 4.69) is 12.1 Å². The molecule has 0 aliphatic carbocycles. The Morgan fingerprint density at radius 1 is 0.706 bits per heavy atom. The molecule has 0 amide bonds. The van der Waals surface area contributed by atoms with Gasteiger partial charge in [-0.1, -0.05) is 89.4 Å². The molecule has 2 aromatic rings. The van der Waals surface area contributed by atoms with Crippen molar-refractivity contribution in [1.82, 2.24) is 0 Å². The van der Waals surface area contributed by atoms with Gasteiger partial charge >= 0.3 is 0 Å². The summed E-state index contributed by atoms with van der Waals surface area (Å²) in [4.78, 5) is 0. The number of rotatable bonds is 2. The smallest absolute Gasteiger partial charge is 0.0833 e. The van der Waals surface area contributed by atoms with E-state index in [1.165, 1.54) is 11.1 Å². The van der Waals surface area contributed by atoms with Crippen molar-refractivity contribution in [3.8, 4) is 11.1 Å². The fourth-order valence-corrected chi connectivity index (χ4v) is 2.14. The van der Waals surface area contributed by atoms with Crippen LogP contribution in [0, 0.1) is 0 Å². The van der Waals surface area contributed by atoms with Crippen LogP contribution < -0.4 is 0 Å². The highest BCUT2D eigenvalue weighted by molar-refractivity contribution is 6.67. The number of halogens is 3. The van der Waals surface area contributed by atoms with Crippen LogP contribution in [-0.4, -0.2) is 3.79 Å². The van der Waals surface area contributed by atoms with Gasteiger partial charge in [0.15, 0.2) is 3.79 Å². The molecular weight excluding hydrogens is 275 g/mol. The minimum Gasteiger partial charge on any atom is -0.0833 e. The molecule has 0 fully saturated rings. The van der Waals surface area contributed by atoms with Crippen molar-refractivity contribution in [1.29, 1.82) is 0 Å². The summed E-state index contributed by atoms with van der Waals surface area (Å²) in [6, 6.07) is 18.3. The van der Waals surface area contributed by atoms with E-state index in [-0.39, 0.29) is 0 Å². The Bertz CT molecular complexity index is 469. The van der Waals surface area contributed by atoms with E-state index < -0.39 is 3.79 Å². The third-order valence-corrected chi connectivity index (χ3v) is 2.87. The van der Waals surface area contributed by atoms with E-state index in [4.69, 9.17) is 34.8 Å².